The molecule has 2 N–H and O–H groups in total. The Kier molecular flexibility index (Phi) is 4.77. The highest BCUT2D eigenvalue weighted by Gasteiger charge is 2.17. The molecule has 0 fully saturated rings. The number of carbonyl (C=O) groups excluding carboxylic acids is 1. The van der Waals surface area contributed by atoms with Crippen LogP contribution < -0.4 is 15.2 Å². The molecule has 0 aliphatic heterocycles. The molecule has 4 aromatic rings. The first-order valence-electron chi connectivity index (χ1n) is 8.73. The minimum atomic E-state index is -0.625. The van der Waals surface area contributed by atoms with Gasteiger partial charge in [-0.15, -0.1) is 5.10 Å². The van der Waals surface area contributed by atoms with Crippen LogP contribution in [0, 0.1) is 5.21 Å². The second-order valence-electron chi connectivity index (χ2n) is 6.40. The average Bonchev–Trinajstić information content (AvgIpc) is 3.21. The van der Waals surface area contributed by atoms with Gasteiger partial charge in [0.05, 0.1) is 27.9 Å². The number of primary amides is 1. The Hall–Kier alpha value is -3.65. The number of halogens is 1. The number of ether oxygens (including phenoxy) is 1. The molecule has 1 atom stereocenters. The molecule has 0 saturated carbocycles. The number of amides is 1. The van der Waals surface area contributed by atoms with Gasteiger partial charge in [0, 0.05) is 12.1 Å². The van der Waals surface area contributed by atoms with Gasteiger partial charge < -0.3 is 15.7 Å². The topological polar surface area (TPSA) is 110 Å². The van der Waals surface area contributed by atoms with E-state index in [0.717, 1.165) is 4.73 Å². The molecule has 4 rings (SSSR count). The Morgan fingerprint density at radius 1 is 1.28 bits per heavy atom. The van der Waals surface area contributed by atoms with Gasteiger partial charge in [-0.25, -0.2) is 4.68 Å². The minimum absolute atomic E-state index is 0.201. The predicted molar refractivity (Wildman–Crippen MR) is 107 cm³/mol. The van der Waals surface area contributed by atoms with Gasteiger partial charge in [0.1, 0.15) is 17.5 Å². The lowest BCUT2D eigenvalue weighted by atomic mass is 10.2. The summed E-state index contributed by atoms with van der Waals surface area (Å²) >= 11 is 5.99. The maximum Gasteiger partial charge on any atom is 0.250 e. The highest BCUT2D eigenvalue weighted by Crippen LogP contribution is 2.27. The standard InChI is InChI=1S/C20H16ClN5O3/c1-12(29-19-8-9-26(28)18-5-3-2-4-14(18)19)17-11-25(24-23-17)13-6-7-16(21)15(10-13)20(22)27/h2-12H,1H3,(H2,22,27). The van der Waals surface area contributed by atoms with Gasteiger partial charge in [-0.2, -0.15) is 4.73 Å². The highest BCUT2D eigenvalue weighted by atomic mass is 35.5. The lowest BCUT2D eigenvalue weighted by molar-refractivity contribution is -0.577. The van der Waals surface area contributed by atoms with Gasteiger partial charge in [-0.1, -0.05) is 28.9 Å². The fourth-order valence-electron chi connectivity index (χ4n) is 2.97. The molecular weight excluding hydrogens is 394 g/mol. The van der Waals surface area contributed by atoms with Gasteiger partial charge >= 0.3 is 0 Å². The number of para-hydroxylation sites is 1. The first kappa shape index (κ1) is 18.7. The molecule has 2 heterocycles. The number of rotatable bonds is 5. The number of aromatic nitrogens is 4. The maximum atomic E-state index is 11.9. The summed E-state index contributed by atoms with van der Waals surface area (Å²) in [7, 11) is 0. The van der Waals surface area contributed by atoms with Crippen LogP contribution in [0.4, 0.5) is 0 Å². The largest absolute Gasteiger partial charge is 0.618 e. The molecule has 0 saturated heterocycles. The van der Waals surface area contributed by atoms with E-state index in [2.05, 4.69) is 10.3 Å². The number of nitrogens with two attached hydrogens (primary N) is 1. The summed E-state index contributed by atoms with van der Waals surface area (Å²) < 4.78 is 8.33. The lowest BCUT2D eigenvalue weighted by Crippen LogP contribution is -2.26. The molecule has 0 radical (unpaired) electrons. The molecular formula is C20H16ClN5O3. The van der Waals surface area contributed by atoms with Crippen molar-refractivity contribution in [1.82, 2.24) is 15.0 Å². The molecule has 8 nitrogen and oxygen atoms in total. The van der Waals surface area contributed by atoms with Crippen LogP contribution in [0.5, 0.6) is 5.75 Å². The van der Waals surface area contributed by atoms with Crippen molar-refractivity contribution in [2.45, 2.75) is 13.0 Å². The Balaban J connectivity index is 1.62. The van der Waals surface area contributed by atoms with E-state index in [0.29, 0.717) is 28.0 Å². The number of carbonyl (C=O) groups is 1. The molecule has 9 heteroatoms. The number of hydrogen-bond donors (Lipinski definition) is 1. The van der Waals surface area contributed by atoms with Crippen molar-refractivity contribution in [1.29, 1.82) is 0 Å². The Morgan fingerprint density at radius 3 is 2.86 bits per heavy atom. The van der Waals surface area contributed by atoms with Crippen molar-refractivity contribution >= 4 is 28.4 Å². The van der Waals surface area contributed by atoms with Crippen LogP contribution in [0.25, 0.3) is 16.6 Å². The van der Waals surface area contributed by atoms with E-state index in [4.69, 9.17) is 22.1 Å². The zero-order chi connectivity index (χ0) is 20.5. The van der Waals surface area contributed by atoms with Gasteiger partial charge in [-0.3, -0.25) is 4.79 Å². The van der Waals surface area contributed by atoms with Crippen LogP contribution in [0.15, 0.2) is 60.9 Å². The van der Waals surface area contributed by atoms with Crippen LogP contribution in [0.2, 0.25) is 5.02 Å². The number of hydrogen-bond acceptors (Lipinski definition) is 5. The van der Waals surface area contributed by atoms with Gasteiger partial charge in [0.2, 0.25) is 11.4 Å². The SMILES string of the molecule is CC(Oc1cc[n+]([O-])c2ccccc12)c1cn(-c2ccc(Cl)c(C(N)=O)c2)nn1. The predicted octanol–water partition coefficient (Wildman–Crippen LogP) is 2.95. The minimum Gasteiger partial charge on any atom is -0.618 e. The maximum absolute atomic E-state index is 11.9. The fourth-order valence-corrected chi connectivity index (χ4v) is 3.18. The Bertz CT molecular complexity index is 1220. The summed E-state index contributed by atoms with van der Waals surface area (Å²) in [5.74, 6) is -0.0577. The zero-order valence-electron chi connectivity index (χ0n) is 15.3. The zero-order valence-corrected chi connectivity index (χ0v) is 16.1. The number of pyridine rings is 1. The van der Waals surface area contributed by atoms with Gasteiger partial charge in [0.25, 0.3) is 0 Å². The summed E-state index contributed by atoms with van der Waals surface area (Å²) in [5, 5.41) is 21.2. The van der Waals surface area contributed by atoms with Crippen LogP contribution >= 0.6 is 11.6 Å². The van der Waals surface area contributed by atoms with E-state index in [1.165, 1.54) is 10.9 Å². The number of nitrogens with zero attached hydrogens (tertiary/aromatic N) is 4. The van der Waals surface area contributed by atoms with Gasteiger partial charge in [0.15, 0.2) is 6.20 Å². The molecule has 0 spiro atoms. The van der Waals surface area contributed by atoms with Crippen molar-refractivity contribution in [3.05, 3.63) is 82.4 Å². The molecule has 1 amide bonds. The second-order valence-corrected chi connectivity index (χ2v) is 6.81. The summed E-state index contributed by atoms with van der Waals surface area (Å²) in [4.78, 5) is 11.5. The van der Waals surface area contributed by atoms with Gasteiger partial charge in [-0.05, 0) is 31.2 Å². The second kappa shape index (κ2) is 7.40. The highest BCUT2D eigenvalue weighted by molar-refractivity contribution is 6.33. The van der Waals surface area contributed by atoms with E-state index in [-0.39, 0.29) is 10.6 Å². The van der Waals surface area contributed by atoms with E-state index >= 15 is 0 Å². The van der Waals surface area contributed by atoms with Crippen LogP contribution in [-0.4, -0.2) is 20.9 Å². The molecule has 146 valence electrons. The quantitative estimate of drug-likeness (QED) is 0.402. The van der Waals surface area contributed by atoms with Crippen LogP contribution in [-0.2, 0) is 0 Å². The monoisotopic (exact) mass is 409 g/mol. The molecule has 0 aliphatic carbocycles. The van der Waals surface area contributed by atoms with Crippen molar-refractivity contribution in [2.75, 3.05) is 0 Å². The van der Waals surface area contributed by atoms with Crippen LogP contribution in [0.3, 0.4) is 0 Å². The Labute approximate surface area is 170 Å². The lowest BCUT2D eigenvalue weighted by Gasteiger charge is -2.13. The van der Waals surface area contributed by atoms with E-state index < -0.39 is 12.0 Å². The third-order valence-corrected chi connectivity index (χ3v) is 4.81. The van der Waals surface area contributed by atoms with Crippen LogP contribution in [0.1, 0.15) is 29.1 Å². The Morgan fingerprint density at radius 2 is 2.07 bits per heavy atom. The number of benzene rings is 2. The third-order valence-electron chi connectivity index (χ3n) is 4.48. The fraction of sp³-hybridized carbons (Fsp3) is 0.100. The molecule has 29 heavy (non-hydrogen) atoms. The van der Waals surface area contributed by atoms with Crippen molar-refractivity contribution in [2.24, 2.45) is 5.73 Å². The molecule has 2 aromatic heterocycles. The van der Waals surface area contributed by atoms with E-state index in [1.54, 1.807) is 42.6 Å². The smallest absolute Gasteiger partial charge is 0.250 e. The molecule has 1 unspecified atom stereocenters. The molecule has 0 aliphatic rings. The van der Waals surface area contributed by atoms with E-state index in [9.17, 15) is 10.0 Å². The first-order valence-corrected chi connectivity index (χ1v) is 9.11. The van der Waals surface area contributed by atoms with Crippen molar-refractivity contribution in [3.8, 4) is 11.4 Å². The first-order chi connectivity index (χ1) is 13.9. The van der Waals surface area contributed by atoms with E-state index in [1.807, 2.05) is 19.1 Å². The van der Waals surface area contributed by atoms with Crippen molar-refractivity contribution in [3.63, 3.8) is 0 Å². The normalized spacial score (nSPS) is 12.1. The molecule has 2 aromatic carbocycles. The average molecular weight is 410 g/mol. The summed E-state index contributed by atoms with van der Waals surface area (Å²) in [5.41, 5.74) is 7.22. The summed E-state index contributed by atoms with van der Waals surface area (Å²) in [6.07, 6.45) is 2.66. The summed E-state index contributed by atoms with van der Waals surface area (Å²) in [6.45, 7) is 1.83. The molecule has 0 bridgehead atoms. The number of fused-ring (bicyclic) bond motifs is 1. The third kappa shape index (κ3) is 3.57. The van der Waals surface area contributed by atoms with Crippen molar-refractivity contribution < 1.29 is 14.3 Å². The summed E-state index contributed by atoms with van der Waals surface area (Å²) in [6, 6.07) is 13.6.